The second kappa shape index (κ2) is 5.42. The summed E-state index contributed by atoms with van der Waals surface area (Å²) in [5.74, 6) is 1.55. The fourth-order valence-corrected chi connectivity index (χ4v) is 2.76. The predicted octanol–water partition coefficient (Wildman–Crippen LogP) is 3.53. The minimum atomic E-state index is 0.664. The van der Waals surface area contributed by atoms with Crippen molar-refractivity contribution in [3.63, 3.8) is 0 Å². The molecule has 1 aromatic carbocycles. The third-order valence-corrected chi connectivity index (χ3v) is 4.10. The predicted molar refractivity (Wildman–Crippen MR) is 78.0 cm³/mol. The van der Waals surface area contributed by atoms with E-state index in [2.05, 4.69) is 18.0 Å². The Balaban J connectivity index is 1.90. The molecule has 0 fully saturated rings. The van der Waals surface area contributed by atoms with Crippen molar-refractivity contribution in [3.05, 3.63) is 47.3 Å². The van der Waals surface area contributed by atoms with E-state index in [9.17, 15) is 0 Å². The number of nitrogens with zero attached hydrogens (tertiary/aromatic N) is 3. The van der Waals surface area contributed by atoms with Crippen molar-refractivity contribution in [2.45, 2.75) is 32.6 Å². The van der Waals surface area contributed by atoms with E-state index in [-0.39, 0.29) is 0 Å². The number of nitriles is 1. The van der Waals surface area contributed by atoms with Gasteiger partial charge in [0.05, 0.1) is 11.6 Å². The second-order valence-corrected chi connectivity index (χ2v) is 5.37. The Kier molecular flexibility index (Phi) is 3.47. The minimum Gasteiger partial charge on any atom is -0.236 e. The first-order chi connectivity index (χ1) is 9.80. The summed E-state index contributed by atoms with van der Waals surface area (Å²) in [6.45, 7) is 2.25. The lowest BCUT2D eigenvalue weighted by atomic mass is 9.86. The van der Waals surface area contributed by atoms with Gasteiger partial charge < -0.3 is 0 Å². The third kappa shape index (κ3) is 2.42. The highest BCUT2D eigenvalue weighted by Gasteiger charge is 2.19. The maximum atomic E-state index is 8.82. The molecule has 0 spiro atoms. The second-order valence-electron chi connectivity index (χ2n) is 5.37. The Labute approximate surface area is 119 Å². The smallest absolute Gasteiger partial charge is 0.159 e. The van der Waals surface area contributed by atoms with Gasteiger partial charge in [0, 0.05) is 17.5 Å². The van der Waals surface area contributed by atoms with Crippen LogP contribution in [-0.4, -0.2) is 9.97 Å². The van der Waals surface area contributed by atoms with Gasteiger partial charge in [-0.05, 0) is 55.0 Å². The molecule has 0 N–H and O–H groups in total. The summed E-state index contributed by atoms with van der Waals surface area (Å²) in [5, 5.41) is 8.82. The molecule has 0 saturated carbocycles. The zero-order chi connectivity index (χ0) is 13.9. The average molecular weight is 263 g/mol. The molecule has 3 nitrogen and oxygen atoms in total. The van der Waals surface area contributed by atoms with Gasteiger partial charge in [-0.15, -0.1) is 0 Å². The summed E-state index contributed by atoms with van der Waals surface area (Å²) in [7, 11) is 0. The maximum Gasteiger partial charge on any atom is 0.159 e. The van der Waals surface area contributed by atoms with Crippen LogP contribution in [0.5, 0.6) is 0 Å². The lowest BCUT2D eigenvalue weighted by Gasteiger charge is -2.22. The van der Waals surface area contributed by atoms with Crippen molar-refractivity contribution in [2.24, 2.45) is 5.92 Å². The van der Waals surface area contributed by atoms with Crippen molar-refractivity contribution < 1.29 is 0 Å². The summed E-state index contributed by atoms with van der Waals surface area (Å²) < 4.78 is 0. The van der Waals surface area contributed by atoms with Crippen LogP contribution in [0.4, 0.5) is 0 Å². The number of aromatic nitrogens is 2. The highest BCUT2D eigenvalue weighted by Crippen LogP contribution is 2.27. The van der Waals surface area contributed by atoms with Crippen LogP contribution >= 0.6 is 0 Å². The zero-order valence-corrected chi connectivity index (χ0v) is 11.6. The number of benzene rings is 1. The molecule has 0 bridgehead atoms. The van der Waals surface area contributed by atoms with Gasteiger partial charge in [0.15, 0.2) is 5.82 Å². The fraction of sp³-hybridized carbons (Fsp3) is 0.353. The van der Waals surface area contributed by atoms with Crippen LogP contribution in [-0.2, 0) is 12.8 Å². The van der Waals surface area contributed by atoms with Crippen molar-refractivity contribution in [2.75, 3.05) is 0 Å². The molecule has 1 aromatic heterocycles. The van der Waals surface area contributed by atoms with E-state index in [0.29, 0.717) is 5.56 Å². The summed E-state index contributed by atoms with van der Waals surface area (Å²) in [6, 6.07) is 9.58. The topological polar surface area (TPSA) is 49.6 Å². The molecule has 0 saturated heterocycles. The number of hydrogen-bond donors (Lipinski definition) is 0. The van der Waals surface area contributed by atoms with E-state index in [0.717, 1.165) is 30.1 Å². The summed E-state index contributed by atoms with van der Waals surface area (Å²) in [5.41, 5.74) is 4.14. The van der Waals surface area contributed by atoms with Crippen molar-refractivity contribution in [1.29, 1.82) is 5.26 Å². The molecule has 1 aliphatic rings. The van der Waals surface area contributed by atoms with E-state index >= 15 is 0 Å². The summed E-state index contributed by atoms with van der Waals surface area (Å²) >= 11 is 0. The molecule has 0 radical (unpaired) electrons. The summed E-state index contributed by atoms with van der Waals surface area (Å²) in [4.78, 5) is 9.21. The average Bonchev–Trinajstić information content (AvgIpc) is 2.54. The van der Waals surface area contributed by atoms with E-state index in [1.54, 1.807) is 0 Å². The maximum absolute atomic E-state index is 8.82. The molecule has 0 amide bonds. The molecule has 3 heteroatoms. The highest BCUT2D eigenvalue weighted by molar-refractivity contribution is 5.56. The van der Waals surface area contributed by atoms with E-state index in [1.807, 2.05) is 30.5 Å². The Morgan fingerprint density at radius 1 is 1.30 bits per heavy atom. The van der Waals surface area contributed by atoms with Crippen LogP contribution in [0.2, 0.25) is 0 Å². The van der Waals surface area contributed by atoms with Gasteiger partial charge in [0.25, 0.3) is 0 Å². The van der Waals surface area contributed by atoms with Gasteiger partial charge >= 0.3 is 0 Å². The van der Waals surface area contributed by atoms with Crippen LogP contribution in [0.1, 0.15) is 36.6 Å². The van der Waals surface area contributed by atoms with Gasteiger partial charge in [-0.2, -0.15) is 5.26 Å². The Morgan fingerprint density at radius 2 is 2.10 bits per heavy atom. The molecular weight excluding hydrogens is 246 g/mol. The van der Waals surface area contributed by atoms with Crippen LogP contribution in [0.3, 0.4) is 0 Å². The molecule has 1 unspecified atom stereocenters. The largest absolute Gasteiger partial charge is 0.236 e. The van der Waals surface area contributed by atoms with E-state index < -0.39 is 0 Å². The van der Waals surface area contributed by atoms with Crippen LogP contribution in [0, 0.1) is 17.2 Å². The molecule has 100 valence electrons. The zero-order valence-electron chi connectivity index (χ0n) is 11.6. The minimum absolute atomic E-state index is 0.664. The first-order valence-corrected chi connectivity index (χ1v) is 7.15. The summed E-state index contributed by atoms with van der Waals surface area (Å²) in [6.07, 6.45) is 6.61. The molecule has 2 aromatic rings. The Hall–Kier alpha value is -2.21. The monoisotopic (exact) mass is 263 g/mol. The van der Waals surface area contributed by atoms with E-state index in [4.69, 9.17) is 10.2 Å². The molecule has 20 heavy (non-hydrogen) atoms. The van der Waals surface area contributed by atoms with Crippen LogP contribution in [0.25, 0.3) is 11.4 Å². The van der Waals surface area contributed by atoms with Gasteiger partial charge in [0.1, 0.15) is 0 Å². The van der Waals surface area contributed by atoms with Gasteiger partial charge in [-0.1, -0.05) is 13.3 Å². The lowest BCUT2D eigenvalue weighted by molar-refractivity contribution is 0.439. The fourth-order valence-electron chi connectivity index (χ4n) is 2.76. The number of fused-ring (bicyclic) bond motifs is 1. The number of rotatable bonds is 2. The standard InChI is InChI=1S/C17H17N3/c1-2-12-5-8-16-15(9-12)11-19-17(20-16)14-6-3-13(10-18)4-7-14/h3-4,6-7,11-12H,2,5,8-9H2,1H3. The van der Waals surface area contributed by atoms with E-state index in [1.165, 1.54) is 24.1 Å². The SMILES string of the molecule is CCC1CCc2nc(-c3ccc(C#N)cc3)ncc2C1. The van der Waals surface area contributed by atoms with Crippen molar-refractivity contribution in [1.82, 2.24) is 9.97 Å². The number of hydrogen-bond acceptors (Lipinski definition) is 3. The highest BCUT2D eigenvalue weighted by atomic mass is 14.9. The molecule has 3 rings (SSSR count). The van der Waals surface area contributed by atoms with Crippen LogP contribution < -0.4 is 0 Å². The Morgan fingerprint density at radius 3 is 2.80 bits per heavy atom. The van der Waals surface area contributed by atoms with Gasteiger partial charge in [0.2, 0.25) is 0 Å². The molecule has 1 atom stereocenters. The van der Waals surface area contributed by atoms with Crippen LogP contribution in [0.15, 0.2) is 30.5 Å². The lowest BCUT2D eigenvalue weighted by Crippen LogP contribution is -2.15. The number of aryl methyl sites for hydroxylation is 1. The first-order valence-electron chi connectivity index (χ1n) is 7.15. The molecule has 1 aliphatic carbocycles. The van der Waals surface area contributed by atoms with Crippen molar-refractivity contribution in [3.8, 4) is 17.5 Å². The quantitative estimate of drug-likeness (QED) is 0.832. The molecule has 1 heterocycles. The van der Waals surface area contributed by atoms with Gasteiger partial charge in [-0.3, -0.25) is 0 Å². The van der Waals surface area contributed by atoms with Gasteiger partial charge in [-0.25, -0.2) is 9.97 Å². The van der Waals surface area contributed by atoms with Crippen molar-refractivity contribution >= 4 is 0 Å². The molecule has 0 aliphatic heterocycles. The first kappa shape index (κ1) is 12.8. The normalized spacial score (nSPS) is 17.3. The Bertz CT molecular complexity index is 653. The third-order valence-electron chi connectivity index (χ3n) is 4.10. The molecular formula is C17H17N3.